The predicted molar refractivity (Wildman–Crippen MR) is 69.0 cm³/mol. The van der Waals surface area contributed by atoms with Crippen LogP contribution in [0.4, 0.5) is 0 Å². The summed E-state index contributed by atoms with van der Waals surface area (Å²) in [6.07, 6.45) is 2.51. The Balaban J connectivity index is 1.98. The highest BCUT2D eigenvalue weighted by atomic mass is 32.1. The molecule has 3 rings (SSSR count). The lowest BCUT2D eigenvalue weighted by molar-refractivity contribution is 0.582. The maximum Gasteiger partial charge on any atom is 0.0592 e. The standard InChI is InChI=1S/C13H16N2S/c1-9-13-11(7-10-5-6-14-8-10)3-2-4-12(13)16-15-9/h2-4,10,14H,5-8H2,1H3. The van der Waals surface area contributed by atoms with Gasteiger partial charge in [-0.25, -0.2) is 0 Å². The van der Waals surface area contributed by atoms with Crippen LogP contribution >= 0.6 is 11.5 Å². The van der Waals surface area contributed by atoms with Gasteiger partial charge in [-0.1, -0.05) is 12.1 Å². The van der Waals surface area contributed by atoms with E-state index in [1.807, 2.05) is 0 Å². The van der Waals surface area contributed by atoms with Crippen molar-refractivity contribution in [2.24, 2.45) is 5.92 Å². The molecular weight excluding hydrogens is 216 g/mol. The van der Waals surface area contributed by atoms with Crippen molar-refractivity contribution in [3.05, 3.63) is 29.5 Å². The third-order valence-corrected chi connectivity index (χ3v) is 4.33. The first-order chi connectivity index (χ1) is 7.84. The van der Waals surface area contributed by atoms with Gasteiger partial charge in [0.05, 0.1) is 10.4 Å². The van der Waals surface area contributed by atoms with Crippen molar-refractivity contribution >= 4 is 21.6 Å². The SMILES string of the molecule is Cc1nsc2cccc(CC3CCNC3)c12. The summed E-state index contributed by atoms with van der Waals surface area (Å²) in [4.78, 5) is 0. The Hall–Kier alpha value is -0.930. The van der Waals surface area contributed by atoms with Gasteiger partial charge in [0.25, 0.3) is 0 Å². The van der Waals surface area contributed by atoms with Gasteiger partial charge < -0.3 is 5.32 Å². The van der Waals surface area contributed by atoms with Gasteiger partial charge in [0.15, 0.2) is 0 Å². The van der Waals surface area contributed by atoms with Gasteiger partial charge in [0.2, 0.25) is 0 Å². The lowest BCUT2D eigenvalue weighted by Crippen LogP contribution is -2.10. The number of aromatic nitrogens is 1. The molecule has 1 N–H and O–H groups in total. The van der Waals surface area contributed by atoms with Crippen molar-refractivity contribution in [2.45, 2.75) is 19.8 Å². The Kier molecular flexibility index (Phi) is 2.65. The first-order valence-corrected chi connectivity index (χ1v) is 6.66. The van der Waals surface area contributed by atoms with Crippen LogP contribution in [0.2, 0.25) is 0 Å². The van der Waals surface area contributed by atoms with Crippen molar-refractivity contribution < 1.29 is 0 Å². The summed E-state index contributed by atoms with van der Waals surface area (Å²) >= 11 is 1.62. The zero-order valence-electron chi connectivity index (χ0n) is 9.49. The van der Waals surface area contributed by atoms with Gasteiger partial charge in [-0.15, -0.1) is 0 Å². The number of aryl methyl sites for hydroxylation is 1. The average Bonchev–Trinajstić information content (AvgIpc) is 2.90. The molecule has 0 amide bonds. The minimum atomic E-state index is 0.810. The van der Waals surface area contributed by atoms with Crippen molar-refractivity contribution in [1.29, 1.82) is 0 Å². The quantitative estimate of drug-likeness (QED) is 0.861. The smallest absolute Gasteiger partial charge is 0.0592 e. The van der Waals surface area contributed by atoms with Crippen LogP contribution in [0.15, 0.2) is 18.2 Å². The molecule has 16 heavy (non-hydrogen) atoms. The fourth-order valence-corrected chi connectivity index (χ4v) is 3.43. The minimum Gasteiger partial charge on any atom is -0.316 e. The fraction of sp³-hybridized carbons (Fsp3) is 0.462. The Labute approximate surface area is 99.8 Å². The highest BCUT2D eigenvalue weighted by molar-refractivity contribution is 7.13. The molecule has 1 aliphatic rings. The van der Waals surface area contributed by atoms with Gasteiger partial charge in [0.1, 0.15) is 0 Å². The Bertz CT molecular complexity index is 498. The molecular formula is C13H16N2S. The number of rotatable bonds is 2. The summed E-state index contributed by atoms with van der Waals surface area (Å²) in [6, 6.07) is 6.61. The molecule has 2 heterocycles. The van der Waals surface area contributed by atoms with Crippen LogP contribution in [0.1, 0.15) is 17.7 Å². The summed E-state index contributed by atoms with van der Waals surface area (Å²) in [5.41, 5.74) is 2.68. The Morgan fingerprint density at radius 3 is 3.25 bits per heavy atom. The van der Waals surface area contributed by atoms with Crippen LogP contribution in [-0.2, 0) is 6.42 Å². The van der Waals surface area contributed by atoms with Gasteiger partial charge in [-0.3, -0.25) is 0 Å². The largest absolute Gasteiger partial charge is 0.316 e. The molecule has 1 unspecified atom stereocenters. The molecule has 2 aromatic rings. The molecule has 1 saturated heterocycles. The van der Waals surface area contributed by atoms with Crippen molar-refractivity contribution in [3.8, 4) is 0 Å². The zero-order valence-corrected chi connectivity index (χ0v) is 10.3. The van der Waals surface area contributed by atoms with Crippen molar-refractivity contribution in [2.75, 3.05) is 13.1 Å². The molecule has 1 fully saturated rings. The zero-order chi connectivity index (χ0) is 11.0. The van der Waals surface area contributed by atoms with Crippen LogP contribution in [0, 0.1) is 12.8 Å². The lowest BCUT2D eigenvalue weighted by Gasteiger charge is -2.09. The van der Waals surface area contributed by atoms with Crippen molar-refractivity contribution in [3.63, 3.8) is 0 Å². The van der Waals surface area contributed by atoms with E-state index in [0.717, 1.165) is 5.92 Å². The van der Waals surface area contributed by atoms with Crippen LogP contribution in [0.5, 0.6) is 0 Å². The van der Waals surface area contributed by atoms with E-state index in [1.54, 1.807) is 11.5 Å². The molecule has 0 spiro atoms. The van der Waals surface area contributed by atoms with Gasteiger partial charge >= 0.3 is 0 Å². The molecule has 1 aromatic carbocycles. The van der Waals surface area contributed by atoms with Crippen LogP contribution in [0.25, 0.3) is 10.1 Å². The number of benzene rings is 1. The Morgan fingerprint density at radius 2 is 2.44 bits per heavy atom. The fourth-order valence-electron chi connectivity index (χ4n) is 2.60. The maximum absolute atomic E-state index is 4.46. The third kappa shape index (κ3) is 1.74. The van der Waals surface area contributed by atoms with Crippen LogP contribution < -0.4 is 5.32 Å². The highest BCUT2D eigenvalue weighted by Crippen LogP contribution is 2.28. The lowest BCUT2D eigenvalue weighted by atomic mass is 9.96. The van der Waals surface area contributed by atoms with Crippen LogP contribution in [-0.4, -0.2) is 17.5 Å². The Morgan fingerprint density at radius 1 is 1.50 bits per heavy atom. The first kappa shape index (κ1) is 10.2. The van der Waals surface area contributed by atoms with E-state index >= 15 is 0 Å². The van der Waals surface area contributed by atoms with E-state index in [2.05, 4.69) is 34.8 Å². The molecule has 1 atom stereocenters. The molecule has 84 valence electrons. The molecule has 2 nitrogen and oxygen atoms in total. The number of hydrogen-bond donors (Lipinski definition) is 1. The highest BCUT2D eigenvalue weighted by Gasteiger charge is 2.17. The average molecular weight is 232 g/mol. The number of fused-ring (bicyclic) bond motifs is 1. The van der Waals surface area contributed by atoms with Crippen LogP contribution in [0.3, 0.4) is 0 Å². The summed E-state index contributed by atoms with van der Waals surface area (Å²) < 4.78 is 5.79. The predicted octanol–water partition coefficient (Wildman–Crippen LogP) is 2.76. The molecule has 1 aliphatic heterocycles. The second-order valence-corrected chi connectivity index (χ2v) is 5.43. The molecule has 1 aromatic heterocycles. The first-order valence-electron chi connectivity index (χ1n) is 5.89. The third-order valence-electron chi connectivity index (χ3n) is 3.43. The van der Waals surface area contributed by atoms with E-state index in [9.17, 15) is 0 Å². The van der Waals surface area contributed by atoms with Gasteiger partial charge in [-0.2, -0.15) is 4.37 Å². The molecule has 0 aliphatic carbocycles. The van der Waals surface area contributed by atoms with E-state index in [1.165, 1.54) is 47.3 Å². The van der Waals surface area contributed by atoms with E-state index in [-0.39, 0.29) is 0 Å². The van der Waals surface area contributed by atoms with E-state index in [4.69, 9.17) is 0 Å². The topological polar surface area (TPSA) is 24.9 Å². The van der Waals surface area contributed by atoms with Gasteiger partial charge in [0, 0.05) is 5.39 Å². The normalized spacial score (nSPS) is 20.7. The monoisotopic (exact) mass is 232 g/mol. The summed E-state index contributed by atoms with van der Waals surface area (Å²) in [7, 11) is 0. The molecule has 0 saturated carbocycles. The summed E-state index contributed by atoms with van der Waals surface area (Å²) in [6.45, 7) is 4.48. The van der Waals surface area contributed by atoms with E-state index < -0.39 is 0 Å². The van der Waals surface area contributed by atoms with Gasteiger partial charge in [-0.05, 0) is 61.9 Å². The molecule has 3 heteroatoms. The van der Waals surface area contributed by atoms with Crippen molar-refractivity contribution in [1.82, 2.24) is 9.69 Å². The minimum absolute atomic E-state index is 0.810. The maximum atomic E-state index is 4.46. The number of nitrogens with one attached hydrogen (secondary N) is 1. The molecule has 0 bridgehead atoms. The van der Waals surface area contributed by atoms with E-state index in [0.29, 0.717) is 0 Å². The number of nitrogens with zero attached hydrogens (tertiary/aromatic N) is 1. The molecule has 0 radical (unpaired) electrons. The summed E-state index contributed by atoms with van der Waals surface area (Å²) in [5, 5.41) is 4.84. The second-order valence-electron chi connectivity index (χ2n) is 4.62. The second kappa shape index (κ2) is 4.15. The number of hydrogen-bond acceptors (Lipinski definition) is 3. The summed E-state index contributed by atoms with van der Waals surface area (Å²) in [5.74, 6) is 0.810.